The Balaban J connectivity index is 1.84. The fourth-order valence-electron chi connectivity index (χ4n) is 4.64. The summed E-state index contributed by atoms with van der Waals surface area (Å²) in [5, 5.41) is 13.1. The van der Waals surface area contributed by atoms with Crippen molar-refractivity contribution in [3.63, 3.8) is 0 Å². The van der Waals surface area contributed by atoms with Crippen molar-refractivity contribution in [2.24, 2.45) is 11.8 Å². The number of nitrogens with one attached hydrogen (secondary N) is 1. The molecule has 0 aromatic rings. The second-order valence-electron chi connectivity index (χ2n) is 10.5. The third-order valence-electron chi connectivity index (χ3n) is 6.39. The lowest BCUT2D eigenvalue weighted by Gasteiger charge is -2.29. The molecule has 0 bridgehead atoms. The minimum atomic E-state index is -1.17. The molecule has 35 heavy (non-hydrogen) atoms. The number of allylic oxidation sites excluding steroid dienone is 1. The van der Waals surface area contributed by atoms with E-state index in [0.717, 1.165) is 0 Å². The van der Waals surface area contributed by atoms with Gasteiger partial charge in [0.2, 0.25) is 11.8 Å². The molecule has 196 valence electrons. The average molecular weight is 495 g/mol. The van der Waals surface area contributed by atoms with E-state index in [0.29, 0.717) is 25.9 Å². The normalized spacial score (nSPS) is 32.9. The molecule has 0 spiro atoms. The number of hydrogen-bond donors (Lipinski definition) is 2. The molecule has 2 fully saturated rings. The molecule has 10 nitrogen and oxygen atoms in total. The maximum absolute atomic E-state index is 13.5. The van der Waals surface area contributed by atoms with Gasteiger partial charge in [-0.25, -0.2) is 4.79 Å². The average Bonchev–Trinajstić information content (AvgIpc) is 3.30. The number of nitrogens with zero attached hydrogens (tertiary/aromatic N) is 1. The van der Waals surface area contributed by atoms with Crippen LogP contribution in [0, 0.1) is 11.8 Å². The number of hydrogen-bond acceptors (Lipinski definition) is 8. The van der Waals surface area contributed by atoms with Crippen molar-refractivity contribution in [2.75, 3.05) is 26.4 Å². The predicted molar refractivity (Wildman–Crippen MR) is 125 cm³/mol. The molecule has 3 aliphatic rings. The number of fused-ring (bicyclic) bond motifs is 2. The van der Waals surface area contributed by atoms with Crippen molar-refractivity contribution < 1.29 is 38.5 Å². The van der Waals surface area contributed by atoms with Crippen molar-refractivity contribution in [1.82, 2.24) is 10.2 Å². The molecule has 10 heteroatoms. The Morgan fingerprint density at radius 2 is 2.06 bits per heavy atom. The summed E-state index contributed by atoms with van der Waals surface area (Å²) in [6.07, 6.45) is 4.61. The van der Waals surface area contributed by atoms with Crippen molar-refractivity contribution in [1.29, 1.82) is 0 Å². The largest absolute Gasteiger partial charge is 0.464 e. The molecule has 1 saturated carbocycles. The second kappa shape index (κ2) is 11.1. The molecule has 1 aliphatic carbocycles. The SMILES string of the molecule is CCOC(=O)[C@@]12C[C@H]1/C=C\CCCOC[C@H](CC(=O)OC(C)(C)C)C(=O)N1C[C@H](O)C[C@H]1C(=O)N2. The summed E-state index contributed by atoms with van der Waals surface area (Å²) < 4.78 is 16.4. The van der Waals surface area contributed by atoms with E-state index in [1.54, 1.807) is 27.7 Å². The molecule has 1 saturated heterocycles. The highest BCUT2D eigenvalue weighted by Gasteiger charge is 2.62. The van der Waals surface area contributed by atoms with E-state index in [2.05, 4.69) is 5.32 Å². The lowest BCUT2D eigenvalue weighted by atomic mass is 10.0. The van der Waals surface area contributed by atoms with Gasteiger partial charge in [0.05, 0.1) is 31.7 Å². The Labute approximate surface area is 206 Å². The van der Waals surface area contributed by atoms with Crippen LogP contribution in [0.3, 0.4) is 0 Å². The van der Waals surface area contributed by atoms with Gasteiger partial charge >= 0.3 is 11.9 Å². The highest BCUT2D eigenvalue weighted by Crippen LogP contribution is 2.46. The molecule has 0 aromatic carbocycles. The molecule has 2 aliphatic heterocycles. The van der Waals surface area contributed by atoms with E-state index in [1.165, 1.54) is 4.90 Å². The molecule has 2 heterocycles. The molecule has 0 radical (unpaired) electrons. The summed E-state index contributed by atoms with van der Waals surface area (Å²) in [6.45, 7) is 7.46. The molecular weight excluding hydrogens is 456 g/mol. The number of esters is 2. The first-order valence-corrected chi connectivity index (χ1v) is 12.4. The zero-order valence-corrected chi connectivity index (χ0v) is 21.1. The van der Waals surface area contributed by atoms with Gasteiger partial charge in [-0.3, -0.25) is 14.4 Å². The topological polar surface area (TPSA) is 131 Å². The zero-order chi connectivity index (χ0) is 25.8. The van der Waals surface area contributed by atoms with E-state index >= 15 is 0 Å². The molecular formula is C25H38N2O8. The molecule has 2 N–H and O–H groups in total. The van der Waals surface area contributed by atoms with E-state index in [4.69, 9.17) is 14.2 Å². The monoisotopic (exact) mass is 494 g/mol. The zero-order valence-electron chi connectivity index (χ0n) is 21.1. The summed E-state index contributed by atoms with van der Waals surface area (Å²) in [5.41, 5.74) is -1.87. The van der Waals surface area contributed by atoms with Gasteiger partial charge in [-0.1, -0.05) is 12.2 Å². The van der Waals surface area contributed by atoms with Crippen LogP contribution < -0.4 is 5.32 Å². The van der Waals surface area contributed by atoms with Crippen molar-refractivity contribution >= 4 is 23.8 Å². The van der Waals surface area contributed by atoms with E-state index in [-0.39, 0.29) is 38.5 Å². The van der Waals surface area contributed by atoms with Crippen LogP contribution in [0.5, 0.6) is 0 Å². The quantitative estimate of drug-likeness (QED) is 0.439. The standard InChI is InChI=1S/C25H38N2O8/c1-5-34-23(32)25-13-17(25)9-7-6-8-10-33-15-16(11-20(29)35-24(2,3)4)22(31)27-14-18(28)12-19(27)21(30)26-25/h7,9,16-19,28H,5-6,8,10-15H2,1-4H3,(H,26,30)/b9-7-/t16-,17+,18+,19-,25+/m0/s1. The van der Waals surface area contributed by atoms with Crippen LogP contribution in [0.4, 0.5) is 0 Å². The maximum Gasteiger partial charge on any atom is 0.332 e. The van der Waals surface area contributed by atoms with Gasteiger partial charge < -0.3 is 29.5 Å². The van der Waals surface area contributed by atoms with Crippen LogP contribution in [-0.4, -0.2) is 83.4 Å². The maximum atomic E-state index is 13.5. The van der Waals surface area contributed by atoms with Gasteiger partial charge in [0.15, 0.2) is 0 Å². The van der Waals surface area contributed by atoms with E-state index < -0.39 is 53.0 Å². The summed E-state index contributed by atoms with van der Waals surface area (Å²) in [4.78, 5) is 53.4. The number of aliphatic hydroxyl groups excluding tert-OH is 1. The first kappa shape index (κ1) is 27.1. The Kier molecular flexibility index (Phi) is 8.58. The summed E-state index contributed by atoms with van der Waals surface area (Å²) in [6, 6.07) is -0.972. The summed E-state index contributed by atoms with van der Waals surface area (Å²) >= 11 is 0. The molecule has 2 amide bonds. The van der Waals surface area contributed by atoms with Crippen LogP contribution in [0.1, 0.15) is 59.8 Å². The summed E-state index contributed by atoms with van der Waals surface area (Å²) in [5.74, 6) is -3.09. The number of carbonyl (C=O) groups is 4. The number of rotatable bonds is 4. The molecule has 0 aromatic heterocycles. The van der Waals surface area contributed by atoms with E-state index in [1.807, 2.05) is 12.2 Å². The smallest absolute Gasteiger partial charge is 0.332 e. The first-order chi connectivity index (χ1) is 16.5. The third kappa shape index (κ3) is 6.82. The fraction of sp³-hybridized carbons (Fsp3) is 0.760. The Morgan fingerprint density at radius 3 is 2.74 bits per heavy atom. The van der Waals surface area contributed by atoms with Crippen LogP contribution in [0.15, 0.2) is 12.2 Å². The minimum absolute atomic E-state index is 0.00187. The lowest BCUT2D eigenvalue weighted by Crippen LogP contribution is -2.54. The Morgan fingerprint density at radius 1 is 1.31 bits per heavy atom. The van der Waals surface area contributed by atoms with E-state index in [9.17, 15) is 24.3 Å². The van der Waals surface area contributed by atoms with Crippen LogP contribution >= 0.6 is 0 Å². The number of ether oxygens (including phenoxy) is 3. The van der Waals surface area contributed by atoms with Gasteiger partial charge in [-0.05, 0) is 47.0 Å². The highest BCUT2D eigenvalue weighted by atomic mass is 16.6. The third-order valence-corrected chi connectivity index (χ3v) is 6.39. The van der Waals surface area contributed by atoms with Crippen molar-refractivity contribution in [3.8, 4) is 0 Å². The molecule has 5 atom stereocenters. The number of amides is 2. The predicted octanol–water partition coefficient (Wildman–Crippen LogP) is 1.10. The highest BCUT2D eigenvalue weighted by molar-refractivity contribution is 5.96. The van der Waals surface area contributed by atoms with Crippen LogP contribution in [-0.2, 0) is 33.4 Å². The van der Waals surface area contributed by atoms with Crippen LogP contribution in [0.25, 0.3) is 0 Å². The van der Waals surface area contributed by atoms with Gasteiger partial charge in [0.25, 0.3) is 0 Å². The number of carbonyl (C=O) groups excluding carboxylic acids is 4. The Hall–Kier alpha value is -2.46. The number of aliphatic hydroxyl groups is 1. The lowest BCUT2D eigenvalue weighted by molar-refractivity contribution is -0.160. The van der Waals surface area contributed by atoms with Crippen LogP contribution in [0.2, 0.25) is 0 Å². The van der Waals surface area contributed by atoms with Crippen molar-refractivity contribution in [3.05, 3.63) is 12.2 Å². The molecule has 3 rings (SSSR count). The second-order valence-corrected chi connectivity index (χ2v) is 10.5. The Bertz CT molecular complexity index is 851. The fourth-order valence-corrected chi connectivity index (χ4v) is 4.64. The minimum Gasteiger partial charge on any atom is -0.464 e. The molecule has 0 unspecified atom stereocenters. The van der Waals surface area contributed by atoms with Gasteiger partial charge in [-0.2, -0.15) is 0 Å². The van der Waals surface area contributed by atoms with Gasteiger partial charge in [0.1, 0.15) is 17.2 Å². The van der Waals surface area contributed by atoms with Crippen molar-refractivity contribution in [2.45, 2.75) is 83.1 Å². The van der Waals surface area contributed by atoms with Gasteiger partial charge in [0, 0.05) is 25.5 Å². The first-order valence-electron chi connectivity index (χ1n) is 12.4. The summed E-state index contributed by atoms with van der Waals surface area (Å²) in [7, 11) is 0. The van der Waals surface area contributed by atoms with Gasteiger partial charge in [-0.15, -0.1) is 0 Å².